The van der Waals surface area contributed by atoms with Crippen molar-refractivity contribution in [2.75, 3.05) is 5.32 Å². The Labute approximate surface area is 143 Å². The maximum atomic E-state index is 12.3. The summed E-state index contributed by atoms with van der Waals surface area (Å²) < 4.78 is 5.30. The first kappa shape index (κ1) is 16.3. The molecule has 3 aromatic rings. The minimum absolute atomic E-state index is 0.218. The fourth-order valence-electron chi connectivity index (χ4n) is 2.19. The van der Waals surface area contributed by atoms with Crippen molar-refractivity contribution in [2.45, 2.75) is 33.6 Å². The van der Waals surface area contributed by atoms with Gasteiger partial charge in [0.1, 0.15) is 5.01 Å². The lowest BCUT2D eigenvalue weighted by atomic mass is 10.0. The van der Waals surface area contributed by atoms with Gasteiger partial charge in [0, 0.05) is 18.1 Å². The molecule has 0 atom stereocenters. The van der Waals surface area contributed by atoms with Gasteiger partial charge in [-0.25, -0.2) is 0 Å². The Morgan fingerprint density at radius 1 is 1.21 bits per heavy atom. The molecule has 0 fully saturated rings. The molecule has 6 nitrogen and oxygen atoms in total. The number of carbonyl (C=O) groups excluding carboxylic acids is 1. The molecule has 0 aliphatic heterocycles. The molecule has 3 rings (SSSR count). The Balaban J connectivity index is 1.74. The van der Waals surface area contributed by atoms with Crippen LogP contribution in [0.5, 0.6) is 0 Å². The summed E-state index contributed by atoms with van der Waals surface area (Å²) in [4.78, 5) is 12.3. The molecule has 2 aromatic heterocycles. The smallest absolute Gasteiger partial charge is 0.279 e. The number of rotatable bonds is 5. The van der Waals surface area contributed by atoms with Crippen LogP contribution in [0.15, 0.2) is 28.8 Å². The first-order valence-corrected chi connectivity index (χ1v) is 8.56. The number of anilines is 1. The van der Waals surface area contributed by atoms with Crippen molar-refractivity contribution in [3.63, 3.8) is 0 Å². The zero-order chi connectivity index (χ0) is 17.1. The van der Waals surface area contributed by atoms with Crippen LogP contribution in [0.1, 0.15) is 40.0 Å². The van der Waals surface area contributed by atoms with E-state index in [0.717, 1.165) is 29.0 Å². The van der Waals surface area contributed by atoms with E-state index in [4.69, 9.17) is 4.52 Å². The lowest BCUT2D eigenvalue weighted by molar-refractivity contribution is 0.101. The molecular formula is C17H18N4O2S. The molecule has 0 bridgehead atoms. The number of aryl methyl sites for hydroxylation is 3. The van der Waals surface area contributed by atoms with Crippen LogP contribution >= 0.6 is 11.3 Å². The Hall–Kier alpha value is -2.54. The van der Waals surface area contributed by atoms with E-state index in [2.05, 4.69) is 27.6 Å². The summed E-state index contributed by atoms with van der Waals surface area (Å²) in [5.74, 6) is 0.209. The molecule has 1 N–H and O–H groups in total. The van der Waals surface area contributed by atoms with Crippen molar-refractivity contribution in [2.24, 2.45) is 0 Å². The van der Waals surface area contributed by atoms with Gasteiger partial charge in [-0.05, 0) is 37.5 Å². The van der Waals surface area contributed by atoms with Gasteiger partial charge in [0.05, 0.1) is 0 Å². The zero-order valence-corrected chi connectivity index (χ0v) is 14.6. The topological polar surface area (TPSA) is 80.9 Å². The molecule has 7 heteroatoms. The quantitative estimate of drug-likeness (QED) is 0.757. The third kappa shape index (κ3) is 3.51. The lowest BCUT2D eigenvalue weighted by Crippen LogP contribution is -2.11. The summed E-state index contributed by atoms with van der Waals surface area (Å²) in [7, 11) is 0. The van der Waals surface area contributed by atoms with E-state index >= 15 is 0 Å². The summed E-state index contributed by atoms with van der Waals surface area (Å²) in [5, 5.41) is 15.9. The lowest BCUT2D eigenvalue weighted by Gasteiger charge is -2.01. The SMILES string of the molecule is CCCc1nnc(NC(=O)c2cc(-c3ccc(C)c(C)c3)on2)s1. The van der Waals surface area contributed by atoms with Crippen molar-refractivity contribution in [1.29, 1.82) is 0 Å². The monoisotopic (exact) mass is 342 g/mol. The van der Waals surface area contributed by atoms with Crippen molar-refractivity contribution in [3.8, 4) is 11.3 Å². The average molecular weight is 342 g/mol. The third-order valence-electron chi connectivity index (χ3n) is 3.69. The van der Waals surface area contributed by atoms with Crippen molar-refractivity contribution in [3.05, 3.63) is 46.1 Å². The van der Waals surface area contributed by atoms with E-state index in [1.165, 1.54) is 16.9 Å². The van der Waals surface area contributed by atoms with Crippen LogP contribution in [-0.4, -0.2) is 21.3 Å². The fourth-order valence-corrected chi connectivity index (χ4v) is 3.03. The molecule has 0 saturated heterocycles. The largest absolute Gasteiger partial charge is 0.355 e. The van der Waals surface area contributed by atoms with Crippen LogP contribution in [0.4, 0.5) is 5.13 Å². The van der Waals surface area contributed by atoms with Gasteiger partial charge in [0.25, 0.3) is 5.91 Å². The van der Waals surface area contributed by atoms with Gasteiger partial charge in [-0.1, -0.05) is 35.5 Å². The van der Waals surface area contributed by atoms with Gasteiger partial charge < -0.3 is 4.52 Å². The molecule has 0 saturated carbocycles. The fraction of sp³-hybridized carbons (Fsp3) is 0.294. The van der Waals surface area contributed by atoms with Crippen LogP contribution in [0.2, 0.25) is 0 Å². The molecule has 0 aliphatic carbocycles. The van der Waals surface area contributed by atoms with Gasteiger partial charge in [0.15, 0.2) is 11.5 Å². The number of benzene rings is 1. The van der Waals surface area contributed by atoms with E-state index < -0.39 is 0 Å². The minimum Gasteiger partial charge on any atom is -0.355 e. The summed E-state index contributed by atoms with van der Waals surface area (Å²) >= 11 is 1.37. The average Bonchev–Trinajstić information content (AvgIpc) is 3.20. The van der Waals surface area contributed by atoms with E-state index in [1.807, 2.05) is 32.0 Å². The first-order chi connectivity index (χ1) is 11.6. The first-order valence-electron chi connectivity index (χ1n) is 7.75. The second kappa shape index (κ2) is 6.92. The van der Waals surface area contributed by atoms with Crippen LogP contribution in [0.25, 0.3) is 11.3 Å². The molecular weight excluding hydrogens is 324 g/mol. The van der Waals surface area contributed by atoms with Gasteiger partial charge >= 0.3 is 0 Å². The predicted octanol–water partition coefficient (Wildman–Crippen LogP) is 4.01. The van der Waals surface area contributed by atoms with Gasteiger partial charge in [-0.3, -0.25) is 10.1 Å². The number of amides is 1. The van der Waals surface area contributed by atoms with Crippen molar-refractivity contribution in [1.82, 2.24) is 15.4 Å². The van der Waals surface area contributed by atoms with Crippen LogP contribution in [0.3, 0.4) is 0 Å². The van der Waals surface area contributed by atoms with E-state index in [1.54, 1.807) is 6.07 Å². The van der Waals surface area contributed by atoms with Crippen molar-refractivity contribution < 1.29 is 9.32 Å². The Morgan fingerprint density at radius 3 is 2.79 bits per heavy atom. The van der Waals surface area contributed by atoms with Crippen LogP contribution in [-0.2, 0) is 6.42 Å². The third-order valence-corrected chi connectivity index (χ3v) is 4.58. The second-order valence-corrected chi connectivity index (χ2v) is 6.64. The van der Waals surface area contributed by atoms with E-state index in [9.17, 15) is 4.79 Å². The highest BCUT2D eigenvalue weighted by Crippen LogP contribution is 2.24. The van der Waals surface area contributed by atoms with Gasteiger partial charge in [-0.15, -0.1) is 10.2 Å². The molecule has 0 unspecified atom stereocenters. The Bertz CT molecular complexity index is 869. The summed E-state index contributed by atoms with van der Waals surface area (Å²) in [6.07, 6.45) is 1.85. The number of nitrogens with zero attached hydrogens (tertiary/aromatic N) is 3. The van der Waals surface area contributed by atoms with Crippen LogP contribution in [0, 0.1) is 13.8 Å². The number of carbonyl (C=O) groups is 1. The summed E-state index contributed by atoms with van der Waals surface area (Å²) in [6, 6.07) is 7.61. The minimum atomic E-state index is -0.354. The molecule has 1 aromatic carbocycles. The summed E-state index contributed by atoms with van der Waals surface area (Å²) in [5.41, 5.74) is 3.48. The molecule has 2 heterocycles. The number of hydrogen-bond donors (Lipinski definition) is 1. The van der Waals surface area contributed by atoms with Gasteiger partial charge in [-0.2, -0.15) is 0 Å². The molecule has 0 spiro atoms. The standard InChI is InChI=1S/C17H18N4O2S/c1-4-5-15-19-20-17(24-15)18-16(22)13-9-14(23-21-13)12-7-6-10(2)11(3)8-12/h6-9H,4-5H2,1-3H3,(H,18,20,22). The highest BCUT2D eigenvalue weighted by Gasteiger charge is 2.16. The second-order valence-electron chi connectivity index (χ2n) is 5.58. The molecule has 0 aliphatic rings. The number of nitrogens with one attached hydrogen (secondary N) is 1. The van der Waals surface area contributed by atoms with E-state index in [-0.39, 0.29) is 11.6 Å². The highest BCUT2D eigenvalue weighted by molar-refractivity contribution is 7.15. The molecule has 124 valence electrons. The van der Waals surface area contributed by atoms with Crippen LogP contribution < -0.4 is 5.32 Å². The number of aromatic nitrogens is 3. The molecule has 24 heavy (non-hydrogen) atoms. The maximum Gasteiger partial charge on any atom is 0.279 e. The number of hydrogen-bond acceptors (Lipinski definition) is 6. The zero-order valence-electron chi connectivity index (χ0n) is 13.8. The summed E-state index contributed by atoms with van der Waals surface area (Å²) in [6.45, 7) is 6.16. The van der Waals surface area contributed by atoms with E-state index in [0.29, 0.717) is 10.9 Å². The Morgan fingerprint density at radius 2 is 2.04 bits per heavy atom. The normalized spacial score (nSPS) is 10.8. The highest BCUT2D eigenvalue weighted by atomic mass is 32.1. The van der Waals surface area contributed by atoms with Gasteiger partial charge in [0.2, 0.25) is 5.13 Å². The molecule has 0 radical (unpaired) electrons. The molecule has 1 amide bonds. The Kier molecular flexibility index (Phi) is 4.71. The maximum absolute atomic E-state index is 12.3. The van der Waals surface area contributed by atoms with Crippen molar-refractivity contribution >= 4 is 22.4 Å². The predicted molar refractivity (Wildman–Crippen MR) is 93.3 cm³/mol.